The molecule has 124 valence electrons. The number of carbonyl (C=O) groups is 2. The summed E-state index contributed by atoms with van der Waals surface area (Å²) in [6, 6.07) is 13.4. The summed E-state index contributed by atoms with van der Waals surface area (Å²) in [5, 5.41) is 5.22. The summed E-state index contributed by atoms with van der Waals surface area (Å²) in [6.45, 7) is 2.49. The minimum atomic E-state index is -0.413. The number of ether oxygens (including phenoxy) is 1. The van der Waals surface area contributed by atoms with E-state index < -0.39 is 5.41 Å². The maximum atomic E-state index is 12.3. The van der Waals surface area contributed by atoms with Crippen LogP contribution in [-0.4, -0.2) is 32.5 Å². The van der Waals surface area contributed by atoms with Crippen LogP contribution in [0.5, 0.6) is 5.75 Å². The van der Waals surface area contributed by atoms with E-state index in [2.05, 4.69) is 17.6 Å². The van der Waals surface area contributed by atoms with Crippen LogP contribution in [0.2, 0.25) is 0 Å². The van der Waals surface area contributed by atoms with E-state index in [1.54, 1.807) is 20.2 Å². The Hall–Kier alpha value is -2.82. The van der Waals surface area contributed by atoms with Gasteiger partial charge >= 0.3 is 0 Å². The Morgan fingerprint density at radius 3 is 2.33 bits per heavy atom. The van der Waals surface area contributed by atoms with Gasteiger partial charge in [-0.3, -0.25) is 9.59 Å². The molecule has 2 aromatic rings. The summed E-state index contributed by atoms with van der Waals surface area (Å²) in [7, 11) is 3.13. The van der Waals surface area contributed by atoms with E-state index in [0.29, 0.717) is 23.5 Å². The molecule has 1 aliphatic rings. The molecule has 5 heteroatoms. The summed E-state index contributed by atoms with van der Waals surface area (Å²) in [6.07, 6.45) is 0. The second kappa shape index (κ2) is 6.00. The minimum absolute atomic E-state index is 0.231. The van der Waals surface area contributed by atoms with Gasteiger partial charge in [-0.15, -0.1) is 0 Å². The molecule has 5 nitrogen and oxygen atoms in total. The van der Waals surface area contributed by atoms with E-state index in [9.17, 15) is 9.59 Å². The quantitative estimate of drug-likeness (QED) is 0.908. The molecule has 0 bridgehead atoms. The van der Waals surface area contributed by atoms with E-state index >= 15 is 0 Å². The molecule has 2 N–H and O–H groups in total. The highest BCUT2D eigenvalue weighted by molar-refractivity contribution is 6.02. The minimum Gasteiger partial charge on any atom is -0.491 e. The predicted octanol–water partition coefficient (Wildman–Crippen LogP) is 2.10. The lowest BCUT2D eigenvalue weighted by molar-refractivity contribution is 0.0959. The van der Waals surface area contributed by atoms with Crippen LogP contribution in [0.1, 0.15) is 38.8 Å². The lowest BCUT2D eigenvalue weighted by Gasteiger charge is -2.24. The number of hydrogen-bond donors (Lipinski definition) is 2. The van der Waals surface area contributed by atoms with Crippen LogP contribution in [-0.2, 0) is 5.41 Å². The van der Waals surface area contributed by atoms with Crippen LogP contribution >= 0.6 is 0 Å². The van der Waals surface area contributed by atoms with Gasteiger partial charge in [-0.2, -0.15) is 0 Å². The first-order chi connectivity index (χ1) is 11.5. The molecule has 3 rings (SSSR count). The van der Waals surface area contributed by atoms with Crippen LogP contribution in [0.15, 0.2) is 42.5 Å². The van der Waals surface area contributed by atoms with Crippen LogP contribution in [0.4, 0.5) is 0 Å². The molecular weight excluding hydrogens is 304 g/mol. The zero-order chi connectivity index (χ0) is 17.3. The van der Waals surface area contributed by atoms with Crippen molar-refractivity contribution in [3.8, 4) is 5.75 Å². The highest BCUT2D eigenvalue weighted by Gasteiger charge is 2.40. The molecule has 0 saturated heterocycles. The van der Waals surface area contributed by atoms with Gasteiger partial charge in [0.15, 0.2) is 0 Å². The van der Waals surface area contributed by atoms with Crippen LogP contribution in [0.25, 0.3) is 0 Å². The summed E-state index contributed by atoms with van der Waals surface area (Å²) in [4.78, 5) is 24.4. The van der Waals surface area contributed by atoms with Gasteiger partial charge in [0.25, 0.3) is 11.8 Å². The largest absolute Gasteiger partial charge is 0.491 e. The molecule has 0 aliphatic carbocycles. The van der Waals surface area contributed by atoms with Gasteiger partial charge in [0.1, 0.15) is 12.4 Å². The van der Waals surface area contributed by atoms with Gasteiger partial charge in [0.05, 0.1) is 11.0 Å². The lowest BCUT2D eigenvalue weighted by atomic mass is 9.77. The van der Waals surface area contributed by atoms with E-state index in [1.807, 2.05) is 36.4 Å². The number of benzene rings is 2. The standard InChI is InChI=1S/C19H20N2O3/c1-19(13-7-5-4-6-8-13)11-24-16-14(18(23)21-3)9-12(10-15(16)19)17(22)20-2/h4-10H,11H2,1-3H3,(H,20,22)(H,21,23). The highest BCUT2D eigenvalue weighted by atomic mass is 16.5. The lowest BCUT2D eigenvalue weighted by Crippen LogP contribution is -2.26. The molecule has 1 unspecified atom stereocenters. The normalized spacial score (nSPS) is 18.5. The monoisotopic (exact) mass is 324 g/mol. The summed E-state index contributed by atoms with van der Waals surface area (Å²) in [5.74, 6) is 0.0490. The molecule has 0 spiro atoms. The van der Waals surface area contributed by atoms with E-state index in [0.717, 1.165) is 11.1 Å². The number of fused-ring (bicyclic) bond motifs is 1. The Bertz CT molecular complexity index is 802. The van der Waals surface area contributed by atoms with E-state index in [-0.39, 0.29) is 11.8 Å². The first-order valence-corrected chi connectivity index (χ1v) is 7.82. The molecular formula is C19H20N2O3. The summed E-state index contributed by atoms with van der Waals surface area (Å²) in [5.41, 5.74) is 2.36. The SMILES string of the molecule is CNC(=O)c1cc(C(=O)NC)c2c(c1)C(C)(c1ccccc1)CO2. The molecule has 1 heterocycles. The van der Waals surface area contributed by atoms with E-state index in [4.69, 9.17) is 4.74 Å². The van der Waals surface area contributed by atoms with Crippen molar-refractivity contribution in [3.05, 3.63) is 64.7 Å². The zero-order valence-corrected chi connectivity index (χ0v) is 14.0. The fraction of sp³-hybridized carbons (Fsp3) is 0.263. The first-order valence-electron chi connectivity index (χ1n) is 7.82. The maximum Gasteiger partial charge on any atom is 0.254 e. The second-order valence-corrected chi connectivity index (χ2v) is 6.05. The third-order valence-electron chi connectivity index (χ3n) is 4.56. The highest BCUT2D eigenvalue weighted by Crippen LogP contribution is 2.45. The Kier molecular flexibility index (Phi) is 4.01. The third kappa shape index (κ3) is 2.42. The van der Waals surface area contributed by atoms with Crippen molar-refractivity contribution in [2.75, 3.05) is 20.7 Å². The molecule has 24 heavy (non-hydrogen) atoms. The van der Waals surface area contributed by atoms with Crippen molar-refractivity contribution >= 4 is 11.8 Å². The van der Waals surface area contributed by atoms with Gasteiger partial charge in [-0.25, -0.2) is 0 Å². The Morgan fingerprint density at radius 2 is 1.71 bits per heavy atom. The van der Waals surface area contributed by atoms with Crippen molar-refractivity contribution < 1.29 is 14.3 Å². The smallest absolute Gasteiger partial charge is 0.254 e. The zero-order valence-electron chi connectivity index (χ0n) is 14.0. The summed E-state index contributed by atoms with van der Waals surface area (Å²) < 4.78 is 5.90. The number of amides is 2. The Morgan fingerprint density at radius 1 is 1.04 bits per heavy atom. The predicted molar refractivity (Wildman–Crippen MR) is 91.6 cm³/mol. The van der Waals surface area contributed by atoms with Gasteiger partial charge < -0.3 is 15.4 Å². The van der Waals surface area contributed by atoms with Gasteiger partial charge in [0, 0.05) is 25.2 Å². The van der Waals surface area contributed by atoms with E-state index in [1.165, 1.54) is 0 Å². The van der Waals surface area contributed by atoms with Crippen LogP contribution < -0.4 is 15.4 Å². The molecule has 1 atom stereocenters. The number of rotatable bonds is 3. The molecule has 1 aliphatic heterocycles. The van der Waals surface area contributed by atoms with Crippen molar-refractivity contribution in [2.24, 2.45) is 0 Å². The number of nitrogens with one attached hydrogen (secondary N) is 2. The van der Waals surface area contributed by atoms with Gasteiger partial charge in [0.2, 0.25) is 0 Å². The second-order valence-electron chi connectivity index (χ2n) is 6.05. The van der Waals surface area contributed by atoms with Crippen LogP contribution in [0.3, 0.4) is 0 Å². The Labute approximate surface area is 141 Å². The molecule has 0 radical (unpaired) electrons. The van der Waals surface area contributed by atoms with Gasteiger partial charge in [-0.05, 0) is 24.6 Å². The fourth-order valence-corrected chi connectivity index (χ4v) is 3.11. The molecule has 0 saturated carbocycles. The topological polar surface area (TPSA) is 67.4 Å². The van der Waals surface area contributed by atoms with Crippen LogP contribution in [0, 0.1) is 0 Å². The summed E-state index contributed by atoms with van der Waals surface area (Å²) >= 11 is 0. The van der Waals surface area contributed by atoms with Gasteiger partial charge in [-0.1, -0.05) is 30.3 Å². The van der Waals surface area contributed by atoms with Crippen molar-refractivity contribution in [3.63, 3.8) is 0 Å². The fourth-order valence-electron chi connectivity index (χ4n) is 3.11. The van der Waals surface area contributed by atoms with Crippen molar-refractivity contribution in [2.45, 2.75) is 12.3 Å². The molecule has 2 amide bonds. The first kappa shape index (κ1) is 16.1. The molecule has 0 aromatic heterocycles. The van der Waals surface area contributed by atoms with Crippen molar-refractivity contribution in [1.82, 2.24) is 10.6 Å². The number of carbonyl (C=O) groups excluding carboxylic acids is 2. The Balaban J connectivity index is 2.23. The maximum absolute atomic E-state index is 12.3. The third-order valence-corrected chi connectivity index (χ3v) is 4.56. The molecule has 2 aromatic carbocycles. The van der Waals surface area contributed by atoms with Crippen molar-refractivity contribution in [1.29, 1.82) is 0 Å². The average molecular weight is 324 g/mol. The molecule has 0 fully saturated rings. The average Bonchev–Trinajstić information content (AvgIpc) is 2.98. The number of hydrogen-bond acceptors (Lipinski definition) is 3.